The normalized spacial score (nSPS) is 23.9. The number of hydrogen-bond donors (Lipinski definition) is 2. The summed E-state index contributed by atoms with van der Waals surface area (Å²) in [5.41, 5.74) is -0.865. The summed E-state index contributed by atoms with van der Waals surface area (Å²) in [6.45, 7) is 1.64. The van der Waals surface area contributed by atoms with Crippen molar-refractivity contribution < 1.29 is 10.2 Å². The van der Waals surface area contributed by atoms with Gasteiger partial charge >= 0.3 is 0 Å². The Morgan fingerprint density at radius 2 is 1.22 bits per heavy atom. The second-order valence-electron chi connectivity index (χ2n) is 5.66. The van der Waals surface area contributed by atoms with E-state index in [0.717, 1.165) is 25.7 Å². The maximum atomic E-state index is 10.5. The Morgan fingerprint density at radius 1 is 0.833 bits per heavy atom. The van der Waals surface area contributed by atoms with Gasteiger partial charge < -0.3 is 10.2 Å². The highest BCUT2D eigenvalue weighted by Gasteiger charge is 2.23. The molecule has 2 nitrogen and oxygen atoms in total. The molecule has 1 aliphatic rings. The SMILES string of the molecule is CC(O)C#CC1(O)CCCCCCCCCCC1. The van der Waals surface area contributed by atoms with Crippen LogP contribution in [0.4, 0.5) is 0 Å². The predicted octanol–water partition coefficient (Wildman–Crippen LogP) is 3.41. The lowest BCUT2D eigenvalue weighted by Crippen LogP contribution is -2.27. The number of rotatable bonds is 0. The van der Waals surface area contributed by atoms with Crippen LogP contribution in [0.3, 0.4) is 0 Å². The quantitative estimate of drug-likeness (QED) is 0.649. The van der Waals surface area contributed by atoms with E-state index in [-0.39, 0.29) is 0 Å². The molecular formula is C16H28O2. The molecule has 1 saturated carbocycles. The lowest BCUT2D eigenvalue weighted by molar-refractivity contribution is 0.0753. The minimum Gasteiger partial charge on any atom is -0.381 e. The van der Waals surface area contributed by atoms with Crippen molar-refractivity contribution in [2.24, 2.45) is 0 Å². The number of aliphatic hydroxyl groups excluding tert-OH is 1. The highest BCUT2D eigenvalue weighted by Crippen LogP contribution is 2.24. The molecule has 104 valence electrons. The van der Waals surface area contributed by atoms with Gasteiger partial charge in [0.15, 0.2) is 0 Å². The fourth-order valence-electron chi connectivity index (χ4n) is 2.56. The first-order valence-corrected chi connectivity index (χ1v) is 7.55. The van der Waals surface area contributed by atoms with Crippen LogP contribution in [-0.2, 0) is 0 Å². The molecule has 1 rings (SSSR count). The van der Waals surface area contributed by atoms with Gasteiger partial charge in [0, 0.05) is 0 Å². The molecule has 0 aromatic carbocycles. The first-order chi connectivity index (χ1) is 8.62. The average Bonchev–Trinajstić information content (AvgIpc) is 2.32. The highest BCUT2D eigenvalue weighted by atomic mass is 16.3. The third kappa shape index (κ3) is 7.03. The van der Waals surface area contributed by atoms with Gasteiger partial charge in [-0.1, -0.05) is 56.8 Å². The van der Waals surface area contributed by atoms with E-state index in [9.17, 15) is 10.2 Å². The maximum Gasteiger partial charge on any atom is 0.125 e. The van der Waals surface area contributed by atoms with E-state index in [4.69, 9.17) is 0 Å². The smallest absolute Gasteiger partial charge is 0.125 e. The predicted molar refractivity (Wildman–Crippen MR) is 75.2 cm³/mol. The van der Waals surface area contributed by atoms with E-state index < -0.39 is 11.7 Å². The van der Waals surface area contributed by atoms with Crippen molar-refractivity contribution in [2.45, 2.75) is 89.3 Å². The van der Waals surface area contributed by atoms with Gasteiger partial charge in [0.05, 0.1) is 0 Å². The van der Waals surface area contributed by atoms with Gasteiger partial charge in [-0.15, -0.1) is 0 Å². The summed E-state index contributed by atoms with van der Waals surface area (Å²) in [4.78, 5) is 0. The van der Waals surface area contributed by atoms with Crippen molar-refractivity contribution in [3.8, 4) is 11.8 Å². The van der Waals surface area contributed by atoms with Gasteiger partial charge in [-0.05, 0) is 32.6 Å². The Balaban J connectivity index is 2.52. The summed E-state index contributed by atoms with van der Waals surface area (Å²) in [6.07, 6.45) is 11.9. The van der Waals surface area contributed by atoms with Crippen molar-refractivity contribution in [2.75, 3.05) is 0 Å². The Morgan fingerprint density at radius 3 is 1.61 bits per heavy atom. The van der Waals surface area contributed by atoms with Gasteiger partial charge in [-0.3, -0.25) is 0 Å². The van der Waals surface area contributed by atoms with Crippen molar-refractivity contribution >= 4 is 0 Å². The molecule has 0 saturated heterocycles. The first kappa shape index (κ1) is 15.5. The molecule has 2 heteroatoms. The van der Waals surface area contributed by atoms with Crippen LogP contribution in [-0.4, -0.2) is 21.9 Å². The molecule has 0 aromatic heterocycles. The molecule has 0 bridgehead atoms. The van der Waals surface area contributed by atoms with Gasteiger partial charge in [0.25, 0.3) is 0 Å². The van der Waals surface area contributed by atoms with E-state index in [1.54, 1.807) is 6.92 Å². The lowest BCUT2D eigenvalue weighted by atomic mass is 9.89. The third-order valence-electron chi connectivity index (χ3n) is 3.69. The van der Waals surface area contributed by atoms with E-state index in [0.29, 0.717) is 0 Å². The molecule has 1 unspecified atom stereocenters. The molecule has 0 radical (unpaired) electrons. The first-order valence-electron chi connectivity index (χ1n) is 7.55. The molecule has 0 aliphatic heterocycles. The standard InChI is InChI=1S/C16H28O2/c1-15(17)11-14-16(18)12-9-7-5-3-2-4-6-8-10-13-16/h15,17-18H,2-10,12-13H2,1H3. The van der Waals surface area contributed by atoms with Crippen molar-refractivity contribution in [3.05, 3.63) is 0 Å². The Kier molecular flexibility index (Phi) is 7.39. The van der Waals surface area contributed by atoms with E-state index >= 15 is 0 Å². The summed E-state index contributed by atoms with van der Waals surface area (Å²) in [6, 6.07) is 0. The topological polar surface area (TPSA) is 40.5 Å². The van der Waals surface area contributed by atoms with Gasteiger partial charge in [-0.2, -0.15) is 0 Å². The largest absolute Gasteiger partial charge is 0.381 e. The Hall–Kier alpha value is -0.520. The Bertz CT molecular complexity index is 261. The van der Waals surface area contributed by atoms with Gasteiger partial charge in [-0.25, -0.2) is 0 Å². The zero-order valence-corrected chi connectivity index (χ0v) is 11.7. The van der Waals surface area contributed by atoms with Crippen molar-refractivity contribution in [1.29, 1.82) is 0 Å². The summed E-state index contributed by atoms with van der Waals surface area (Å²) >= 11 is 0. The monoisotopic (exact) mass is 252 g/mol. The van der Waals surface area contributed by atoms with E-state index in [1.165, 1.54) is 44.9 Å². The minimum absolute atomic E-state index is 0.643. The van der Waals surface area contributed by atoms with Crippen LogP contribution < -0.4 is 0 Å². The Labute approximate surface area is 112 Å². The molecule has 0 heterocycles. The van der Waals surface area contributed by atoms with Crippen LogP contribution in [0.25, 0.3) is 0 Å². The van der Waals surface area contributed by atoms with Crippen LogP contribution in [0.1, 0.15) is 77.6 Å². The molecule has 1 fully saturated rings. The fourth-order valence-corrected chi connectivity index (χ4v) is 2.56. The molecule has 0 amide bonds. The number of aliphatic hydroxyl groups is 2. The summed E-state index contributed by atoms with van der Waals surface area (Å²) < 4.78 is 0. The molecular weight excluding hydrogens is 224 g/mol. The maximum absolute atomic E-state index is 10.5. The molecule has 1 atom stereocenters. The second kappa shape index (κ2) is 8.56. The zero-order chi connectivity index (χ0) is 13.3. The summed E-state index contributed by atoms with van der Waals surface area (Å²) in [5, 5.41) is 19.7. The summed E-state index contributed by atoms with van der Waals surface area (Å²) in [5.74, 6) is 5.63. The molecule has 18 heavy (non-hydrogen) atoms. The highest BCUT2D eigenvalue weighted by molar-refractivity contribution is 5.15. The molecule has 0 aromatic rings. The van der Waals surface area contributed by atoms with Crippen LogP contribution >= 0.6 is 0 Å². The third-order valence-corrected chi connectivity index (χ3v) is 3.69. The van der Waals surface area contributed by atoms with E-state index in [2.05, 4.69) is 11.8 Å². The average molecular weight is 252 g/mol. The zero-order valence-electron chi connectivity index (χ0n) is 11.7. The lowest BCUT2D eigenvalue weighted by Gasteiger charge is -2.23. The van der Waals surface area contributed by atoms with Gasteiger partial charge in [0.2, 0.25) is 0 Å². The van der Waals surface area contributed by atoms with Crippen molar-refractivity contribution in [3.63, 3.8) is 0 Å². The summed E-state index contributed by atoms with van der Waals surface area (Å²) in [7, 11) is 0. The fraction of sp³-hybridized carbons (Fsp3) is 0.875. The second-order valence-corrected chi connectivity index (χ2v) is 5.66. The van der Waals surface area contributed by atoms with Crippen LogP contribution in [0.5, 0.6) is 0 Å². The van der Waals surface area contributed by atoms with Gasteiger partial charge in [0.1, 0.15) is 11.7 Å². The van der Waals surface area contributed by atoms with E-state index in [1.807, 2.05) is 0 Å². The minimum atomic E-state index is -0.865. The molecule has 1 aliphatic carbocycles. The molecule has 0 spiro atoms. The molecule has 2 N–H and O–H groups in total. The number of hydrogen-bond acceptors (Lipinski definition) is 2. The van der Waals surface area contributed by atoms with Crippen LogP contribution in [0, 0.1) is 11.8 Å². The van der Waals surface area contributed by atoms with Crippen LogP contribution in [0.2, 0.25) is 0 Å². The van der Waals surface area contributed by atoms with Crippen LogP contribution in [0.15, 0.2) is 0 Å². The van der Waals surface area contributed by atoms with Crippen molar-refractivity contribution in [1.82, 2.24) is 0 Å².